The number of rotatable bonds is 2. The molecule has 4 rings (SSSR count). The van der Waals surface area contributed by atoms with Gasteiger partial charge >= 0.3 is 0 Å². The second kappa shape index (κ2) is 4.67. The van der Waals surface area contributed by atoms with E-state index in [0.29, 0.717) is 11.1 Å². The zero-order valence-electron chi connectivity index (χ0n) is 11.2. The second-order valence-corrected chi connectivity index (χ2v) is 5.88. The molecule has 0 amide bonds. The first-order valence-electron chi connectivity index (χ1n) is 6.68. The highest BCUT2D eigenvalue weighted by Gasteiger charge is 2.16. The Bertz CT molecular complexity index is 995. The Morgan fingerprint density at radius 1 is 0.591 bits per heavy atom. The monoisotopic (exact) mass is 326 g/mol. The molecule has 0 aliphatic carbocycles. The molecule has 0 unspecified atom stereocenters. The van der Waals surface area contributed by atoms with Crippen molar-refractivity contribution in [1.82, 2.24) is 0 Å². The van der Waals surface area contributed by atoms with Gasteiger partial charge < -0.3 is 0 Å². The molecule has 0 atom stereocenters. The van der Waals surface area contributed by atoms with E-state index in [1.165, 1.54) is 0 Å². The standard InChI is InChI=1S/C18H8Cl2O2/c19-17(21)13-8-4-10-2-6-12-14(18(20)22)7-3-9-1-5-11(13)16(10)15(9)12/h1-8H. The van der Waals surface area contributed by atoms with Crippen molar-refractivity contribution in [3.8, 4) is 0 Å². The van der Waals surface area contributed by atoms with Crippen molar-refractivity contribution in [2.75, 3.05) is 0 Å². The molecular formula is C18H8Cl2O2. The number of hydrogen-bond donors (Lipinski definition) is 0. The van der Waals surface area contributed by atoms with Crippen LogP contribution >= 0.6 is 23.2 Å². The van der Waals surface area contributed by atoms with Crippen LogP contribution in [0.25, 0.3) is 32.3 Å². The fraction of sp³-hybridized carbons (Fsp3) is 0. The topological polar surface area (TPSA) is 34.1 Å². The maximum Gasteiger partial charge on any atom is 0.253 e. The summed E-state index contributed by atoms with van der Waals surface area (Å²) in [7, 11) is 0. The van der Waals surface area contributed by atoms with Crippen LogP contribution in [0.15, 0.2) is 48.5 Å². The van der Waals surface area contributed by atoms with Crippen LogP contribution in [0.2, 0.25) is 0 Å². The van der Waals surface area contributed by atoms with Gasteiger partial charge in [0.15, 0.2) is 0 Å². The SMILES string of the molecule is O=C(Cl)c1ccc2ccc3c(C(=O)Cl)ccc4ccc1c2c43. The predicted molar refractivity (Wildman–Crippen MR) is 90.5 cm³/mol. The molecule has 0 saturated heterocycles. The van der Waals surface area contributed by atoms with E-state index in [1.807, 2.05) is 36.4 Å². The summed E-state index contributed by atoms with van der Waals surface area (Å²) in [6.45, 7) is 0. The third kappa shape index (κ3) is 1.75. The van der Waals surface area contributed by atoms with Gasteiger partial charge in [-0.1, -0.05) is 36.4 Å². The summed E-state index contributed by atoms with van der Waals surface area (Å²) in [6.07, 6.45) is 0. The van der Waals surface area contributed by atoms with Crippen LogP contribution < -0.4 is 0 Å². The minimum atomic E-state index is -0.494. The highest BCUT2D eigenvalue weighted by Crippen LogP contribution is 2.37. The molecule has 0 aromatic heterocycles. The summed E-state index contributed by atoms with van der Waals surface area (Å²) < 4.78 is 0. The molecule has 106 valence electrons. The normalized spacial score (nSPS) is 11.5. The number of carbonyl (C=O) groups excluding carboxylic acids is 2. The van der Waals surface area contributed by atoms with Crippen LogP contribution in [0.4, 0.5) is 0 Å². The van der Waals surface area contributed by atoms with Crippen molar-refractivity contribution >= 4 is 66.0 Å². The lowest BCUT2D eigenvalue weighted by molar-refractivity contribution is 0.107. The summed E-state index contributed by atoms with van der Waals surface area (Å²) in [5, 5.41) is 4.44. The quantitative estimate of drug-likeness (QED) is 0.368. The van der Waals surface area contributed by atoms with Crippen LogP contribution in [0.5, 0.6) is 0 Å². The zero-order chi connectivity index (χ0) is 15.4. The fourth-order valence-electron chi connectivity index (χ4n) is 3.14. The van der Waals surface area contributed by atoms with Gasteiger partial charge in [-0.05, 0) is 67.7 Å². The first-order valence-corrected chi connectivity index (χ1v) is 7.43. The molecule has 4 aromatic rings. The largest absolute Gasteiger partial charge is 0.276 e. The van der Waals surface area contributed by atoms with E-state index in [-0.39, 0.29) is 0 Å². The smallest absolute Gasteiger partial charge is 0.253 e. The molecule has 0 aliphatic rings. The lowest BCUT2D eigenvalue weighted by atomic mass is 9.90. The van der Waals surface area contributed by atoms with E-state index in [0.717, 1.165) is 32.3 Å². The van der Waals surface area contributed by atoms with Crippen molar-refractivity contribution in [2.24, 2.45) is 0 Å². The Hall–Kier alpha value is -2.16. The molecule has 0 saturated carbocycles. The van der Waals surface area contributed by atoms with Crippen molar-refractivity contribution in [1.29, 1.82) is 0 Å². The Kier molecular flexibility index (Phi) is 2.86. The van der Waals surface area contributed by atoms with Crippen LogP contribution in [0.1, 0.15) is 20.7 Å². The number of benzene rings is 4. The molecule has 22 heavy (non-hydrogen) atoms. The third-order valence-corrected chi connectivity index (χ3v) is 4.50. The van der Waals surface area contributed by atoms with Crippen molar-refractivity contribution in [2.45, 2.75) is 0 Å². The number of halogens is 2. The van der Waals surface area contributed by atoms with Gasteiger partial charge in [-0.2, -0.15) is 0 Å². The molecule has 4 heteroatoms. The van der Waals surface area contributed by atoms with Crippen LogP contribution in [-0.4, -0.2) is 10.5 Å². The van der Waals surface area contributed by atoms with Crippen molar-refractivity contribution in [3.63, 3.8) is 0 Å². The van der Waals surface area contributed by atoms with Gasteiger partial charge in [-0.25, -0.2) is 0 Å². The second-order valence-electron chi connectivity index (χ2n) is 5.20. The van der Waals surface area contributed by atoms with E-state index in [4.69, 9.17) is 23.2 Å². The third-order valence-electron chi connectivity index (χ3n) is 4.09. The van der Waals surface area contributed by atoms with Gasteiger partial charge in [0, 0.05) is 11.1 Å². The molecule has 4 aromatic carbocycles. The number of hydrogen-bond acceptors (Lipinski definition) is 2. The van der Waals surface area contributed by atoms with E-state index in [1.54, 1.807) is 12.1 Å². The van der Waals surface area contributed by atoms with E-state index in [9.17, 15) is 9.59 Å². The van der Waals surface area contributed by atoms with Crippen molar-refractivity contribution in [3.05, 3.63) is 59.7 Å². The highest BCUT2D eigenvalue weighted by molar-refractivity contribution is 6.69. The van der Waals surface area contributed by atoms with E-state index < -0.39 is 10.5 Å². The average Bonchev–Trinajstić information content (AvgIpc) is 2.51. The van der Waals surface area contributed by atoms with Crippen LogP contribution in [0.3, 0.4) is 0 Å². The molecular weight excluding hydrogens is 319 g/mol. The molecule has 0 spiro atoms. The van der Waals surface area contributed by atoms with Gasteiger partial charge in [0.05, 0.1) is 0 Å². The highest BCUT2D eigenvalue weighted by atomic mass is 35.5. The van der Waals surface area contributed by atoms with Gasteiger partial charge in [0.25, 0.3) is 10.5 Å². The minimum absolute atomic E-state index is 0.464. The lowest BCUT2D eigenvalue weighted by Gasteiger charge is -2.13. The first-order chi connectivity index (χ1) is 10.6. The summed E-state index contributed by atoms with van der Waals surface area (Å²) >= 11 is 11.4. The molecule has 0 radical (unpaired) electrons. The minimum Gasteiger partial charge on any atom is -0.276 e. The lowest BCUT2D eigenvalue weighted by Crippen LogP contribution is -1.96. The predicted octanol–water partition coefficient (Wildman–Crippen LogP) is 5.34. The van der Waals surface area contributed by atoms with E-state index >= 15 is 0 Å². The molecule has 2 nitrogen and oxygen atoms in total. The zero-order valence-corrected chi connectivity index (χ0v) is 12.7. The molecule has 0 fully saturated rings. The van der Waals surface area contributed by atoms with Gasteiger partial charge in [0.2, 0.25) is 0 Å². The Morgan fingerprint density at radius 2 is 0.955 bits per heavy atom. The van der Waals surface area contributed by atoms with Gasteiger partial charge in [-0.15, -0.1) is 0 Å². The van der Waals surface area contributed by atoms with Crippen LogP contribution in [0, 0.1) is 0 Å². The molecule has 0 heterocycles. The van der Waals surface area contributed by atoms with Crippen LogP contribution in [-0.2, 0) is 0 Å². The molecule has 0 N–H and O–H groups in total. The van der Waals surface area contributed by atoms with Crippen molar-refractivity contribution < 1.29 is 9.59 Å². The van der Waals surface area contributed by atoms with E-state index in [2.05, 4.69) is 0 Å². The summed E-state index contributed by atoms with van der Waals surface area (Å²) in [5.41, 5.74) is 0.928. The summed E-state index contributed by atoms with van der Waals surface area (Å²) in [5.74, 6) is 0. The Labute approximate surface area is 135 Å². The maximum atomic E-state index is 11.7. The molecule has 0 aliphatic heterocycles. The summed E-state index contributed by atoms with van der Waals surface area (Å²) in [6, 6.07) is 14.8. The first kappa shape index (κ1) is 13.5. The average molecular weight is 327 g/mol. The fourth-order valence-corrected chi connectivity index (χ4v) is 3.47. The van der Waals surface area contributed by atoms with Gasteiger partial charge in [0.1, 0.15) is 0 Å². The summed E-state index contributed by atoms with van der Waals surface area (Å²) in [4.78, 5) is 23.3. The maximum absolute atomic E-state index is 11.7. The Balaban J connectivity index is 2.33. The Morgan fingerprint density at radius 3 is 1.32 bits per heavy atom. The van der Waals surface area contributed by atoms with Gasteiger partial charge in [-0.3, -0.25) is 9.59 Å². The number of carbonyl (C=O) groups is 2. The molecule has 0 bridgehead atoms.